The number of aromatic nitrogens is 1. The predicted octanol–water partition coefficient (Wildman–Crippen LogP) is 1.43. The van der Waals surface area contributed by atoms with Gasteiger partial charge < -0.3 is 0 Å². The molecule has 0 bridgehead atoms. The van der Waals surface area contributed by atoms with Crippen LogP contribution in [0.1, 0.15) is 5.56 Å². The number of nitrogens with one attached hydrogen (secondary N) is 1. The van der Waals surface area contributed by atoms with Gasteiger partial charge in [-0.25, -0.2) is 14.0 Å². The molecule has 0 radical (unpaired) electrons. The number of nitrogens with zero attached hydrogens (tertiary/aromatic N) is 1. The van der Waals surface area contributed by atoms with Gasteiger partial charge in [0.25, 0.3) is 0 Å². The van der Waals surface area contributed by atoms with Crippen LogP contribution >= 0.6 is 0 Å². The highest BCUT2D eigenvalue weighted by Crippen LogP contribution is 2.09. The molecular formula is C7H10N2OS. The van der Waals surface area contributed by atoms with E-state index in [0.29, 0.717) is 5.03 Å². The summed E-state index contributed by atoms with van der Waals surface area (Å²) in [6.45, 7) is 1.81. The van der Waals surface area contributed by atoms with Crippen LogP contribution in [0.15, 0.2) is 23.4 Å². The fourth-order valence-corrected chi connectivity index (χ4v) is 1.82. The maximum atomic E-state index is 11.2. The first kappa shape index (κ1) is 8.20. The van der Waals surface area contributed by atoms with E-state index < -0.39 is 9.73 Å². The van der Waals surface area contributed by atoms with Gasteiger partial charge in [0.05, 0.1) is 9.73 Å². The van der Waals surface area contributed by atoms with Crippen molar-refractivity contribution < 1.29 is 4.21 Å². The molecule has 0 saturated heterocycles. The van der Waals surface area contributed by atoms with E-state index in [2.05, 4.69) is 4.98 Å². The maximum Gasteiger partial charge on any atom is 0.138 e. The Kier molecular flexibility index (Phi) is 1.95. The summed E-state index contributed by atoms with van der Waals surface area (Å²) in [6.07, 6.45) is 2.93. The zero-order valence-corrected chi connectivity index (χ0v) is 7.31. The van der Waals surface area contributed by atoms with E-state index in [-0.39, 0.29) is 0 Å². The Labute approximate surface area is 66.4 Å². The van der Waals surface area contributed by atoms with Crippen LogP contribution in [0.2, 0.25) is 0 Å². The molecule has 3 nitrogen and oxygen atoms in total. The van der Waals surface area contributed by atoms with Gasteiger partial charge in [0, 0.05) is 12.5 Å². The zero-order valence-electron chi connectivity index (χ0n) is 6.50. The molecule has 0 aliphatic heterocycles. The van der Waals surface area contributed by atoms with Crippen molar-refractivity contribution in [2.24, 2.45) is 0 Å². The number of aryl methyl sites for hydroxylation is 1. The van der Waals surface area contributed by atoms with E-state index in [1.165, 1.54) is 6.26 Å². The highest BCUT2D eigenvalue weighted by atomic mass is 32.2. The van der Waals surface area contributed by atoms with E-state index in [1.807, 2.05) is 0 Å². The smallest absolute Gasteiger partial charge is 0.138 e. The molecule has 11 heavy (non-hydrogen) atoms. The third kappa shape index (κ3) is 1.77. The predicted molar refractivity (Wildman–Crippen MR) is 44.0 cm³/mol. The van der Waals surface area contributed by atoms with E-state index in [9.17, 15) is 4.21 Å². The van der Waals surface area contributed by atoms with Crippen LogP contribution in [-0.4, -0.2) is 15.4 Å². The lowest BCUT2D eigenvalue weighted by Crippen LogP contribution is -2.00. The van der Waals surface area contributed by atoms with Crippen molar-refractivity contribution in [3.8, 4) is 0 Å². The van der Waals surface area contributed by atoms with Gasteiger partial charge in [0.2, 0.25) is 0 Å². The van der Waals surface area contributed by atoms with E-state index in [1.54, 1.807) is 25.3 Å². The summed E-state index contributed by atoms with van der Waals surface area (Å²) >= 11 is 0. The van der Waals surface area contributed by atoms with Crippen molar-refractivity contribution in [3.63, 3.8) is 0 Å². The van der Waals surface area contributed by atoms with Crippen molar-refractivity contribution >= 4 is 9.73 Å². The van der Waals surface area contributed by atoms with Gasteiger partial charge in [0.15, 0.2) is 0 Å². The van der Waals surface area contributed by atoms with Crippen LogP contribution in [-0.2, 0) is 9.73 Å². The summed E-state index contributed by atoms with van der Waals surface area (Å²) in [7, 11) is -2.64. The largest absolute Gasteiger partial charge is 0.248 e. The number of hydrogen-bond acceptors (Lipinski definition) is 3. The number of rotatable bonds is 1. The van der Waals surface area contributed by atoms with Gasteiger partial charge in [-0.3, -0.25) is 0 Å². The fourth-order valence-electron chi connectivity index (χ4n) is 0.879. The zero-order chi connectivity index (χ0) is 8.48. The van der Waals surface area contributed by atoms with Crippen LogP contribution in [0.3, 0.4) is 0 Å². The molecule has 0 aromatic carbocycles. The second-order valence-corrected chi connectivity index (χ2v) is 4.54. The first-order valence-electron chi connectivity index (χ1n) is 3.17. The van der Waals surface area contributed by atoms with Gasteiger partial charge in [-0.1, -0.05) is 6.07 Å². The molecule has 0 spiro atoms. The lowest BCUT2D eigenvalue weighted by atomic mass is 10.3. The van der Waals surface area contributed by atoms with Gasteiger partial charge in [-0.2, -0.15) is 0 Å². The molecule has 1 aromatic heterocycles. The quantitative estimate of drug-likeness (QED) is 0.693. The van der Waals surface area contributed by atoms with Crippen molar-refractivity contribution in [1.82, 2.24) is 4.98 Å². The normalized spacial score (nSPS) is 15.8. The second kappa shape index (κ2) is 2.62. The second-order valence-electron chi connectivity index (χ2n) is 2.47. The minimum Gasteiger partial charge on any atom is -0.248 e. The Morgan fingerprint density at radius 1 is 1.64 bits per heavy atom. The van der Waals surface area contributed by atoms with Crippen molar-refractivity contribution in [2.45, 2.75) is 11.9 Å². The monoisotopic (exact) mass is 170 g/mol. The summed E-state index contributed by atoms with van der Waals surface area (Å²) in [5.41, 5.74) is 0.815. The molecule has 1 aromatic rings. The highest BCUT2D eigenvalue weighted by molar-refractivity contribution is 7.91. The number of pyridine rings is 1. The first-order chi connectivity index (χ1) is 5.02. The fraction of sp³-hybridized carbons (Fsp3) is 0.286. The molecule has 1 rings (SSSR count). The van der Waals surface area contributed by atoms with Gasteiger partial charge in [-0.15, -0.1) is 0 Å². The molecule has 0 amide bonds. The molecule has 1 unspecified atom stereocenters. The summed E-state index contributed by atoms with van der Waals surface area (Å²) in [5.74, 6) is 0. The third-order valence-electron chi connectivity index (χ3n) is 1.33. The minimum absolute atomic E-state index is 0.389. The third-order valence-corrected chi connectivity index (χ3v) is 2.50. The van der Waals surface area contributed by atoms with Crippen LogP contribution in [0.25, 0.3) is 0 Å². The SMILES string of the molecule is Cc1cccnc1S(C)(=N)=O. The van der Waals surface area contributed by atoms with Crippen molar-refractivity contribution in [3.05, 3.63) is 23.9 Å². The van der Waals surface area contributed by atoms with Crippen molar-refractivity contribution in [2.75, 3.05) is 6.26 Å². The van der Waals surface area contributed by atoms with E-state index >= 15 is 0 Å². The molecule has 1 atom stereocenters. The van der Waals surface area contributed by atoms with E-state index in [4.69, 9.17) is 4.78 Å². The molecule has 0 fully saturated rings. The summed E-state index contributed by atoms with van der Waals surface area (Å²) < 4.78 is 18.5. The molecule has 0 aliphatic rings. The highest BCUT2D eigenvalue weighted by Gasteiger charge is 2.06. The van der Waals surface area contributed by atoms with Crippen molar-refractivity contribution in [1.29, 1.82) is 4.78 Å². The summed E-state index contributed by atoms with van der Waals surface area (Å²) in [5, 5.41) is 0.389. The molecule has 1 heterocycles. The summed E-state index contributed by atoms with van der Waals surface area (Å²) in [4.78, 5) is 3.89. The Morgan fingerprint density at radius 2 is 2.27 bits per heavy atom. The molecular weight excluding hydrogens is 160 g/mol. The Bertz CT molecular complexity index is 356. The Balaban J connectivity index is 3.37. The molecule has 0 aliphatic carbocycles. The molecule has 1 N–H and O–H groups in total. The summed E-state index contributed by atoms with van der Waals surface area (Å²) in [6, 6.07) is 3.57. The van der Waals surface area contributed by atoms with Gasteiger partial charge in [-0.05, 0) is 18.6 Å². The molecule has 0 saturated carbocycles. The lowest BCUT2D eigenvalue weighted by Gasteiger charge is -2.01. The average molecular weight is 170 g/mol. The standard InChI is InChI=1S/C7H10N2OS/c1-6-4-3-5-9-7(6)11(2,8)10/h3-5,8H,1-2H3. The lowest BCUT2D eigenvalue weighted by molar-refractivity contribution is 0.675. The van der Waals surface area contributed by atoms with Crippen LogP contribution < -0.4 is 0 Å². The van der Waals surface area contributed by atoms with Crippen LogP contribution in [0.5, 0.6) is 0 Å². The van der Waals surface area contributed by atoms with Crippen LogP contribution in [0.4, 0.5) is 0 Å². The molecule has 4 heteroatoms. The average Bonchev–Trinajstić information content (AvgIpc) is 1.86. The maximum absolute atomic E-state index is 11.2. The van der Waals surface area contributed by atoms with Gasteiger partial charge in [0.1, 0.15) is 5.03 Å². The van der Waals surface area contributed by atoms with Gasteiger partial charge >= 0.3 is 0 Å². The Morgan fingerprint density at radius 3 is 2.64 bits per heavy atom. The minimum atomic E-state index is -2.64. The van der Waals surface area contributed by atoms with E-state index in [0.717, 1.165) is 5.56 Å². The molecule has 60 valence electrons. The number of hydrogen-bond donors (Lipinski definition) is 1. The first-order valence-corrected chi connectivity index (χ1v) is 5.14. The van der Waals surface area contributed by atoms with Crippen LogP contribution in [0, 0.1) is 11.7 Å². The topological polar surface area (TPSA) is 53.8 Å². The Hall–Kier alpha value is -0.900.